The number of rotatable bonds is 7. The van der Waals surface area contributed by atoms with Gasteiger partial charge in [0.2, 0.25) is 11.8 Å². The minimum absolute atomic E-state index is 0.0138. The second kappa shape index (κ2) is 8.23. The minimum atomic E-state index is -0.133. The molecule has 0 saturated carbocycles. The first-order valence-electron chi connectivity index (χ1n) is 8.80. The number of carbonyl (C=O) groups is 1. The molecular formula is C19H28N4O2. The molecule has 1 unspecified atom stereocenters. The second-order valence-electron chi connectivity index (χ2n) is 7.66. The van der Waals surface area contributed by atoms with Crippen molar-refractivity contribution < 1.29 is 9.32 Å². The summed E-state index contributed by atoms with van der Waals surface area (Å²) in [5.74, 6) is 1.56. The Morgan fingerprint density at radius 1 is 1.28 bits per heavy atom. The fraction of sp³-hybridized carbons (Fsp3) is 0.579. The fourth-order valence-corrected chi connectivity index (χ4v) is 2.45. The van der Waals surface area contributed by atoms with Crippen molar-refractivity contribution in [3.05, 3.63) is 41.8 Å². The fourth-order valence-electron chi connectivity index (χ4n) is 2.45. The topological polar surface area (TPSA) is 80.9 Å². The van der Waals surface area contributed by atoms with Gasteiger partial charge in [0, 0.05) is 24.5 Å². The molecule has 136 valence electrons. The average Bonchev–Trinajstić information content (AvgIpc) is 3.02. The predicted octanol–water partition coefficient (Wildman–Crippen LogP) is 3.60. The molecular weight excluding hydrogens is 316 g/mol. The lowest BCUT2D eigenvalue weighted by Gasteiger charge is -2.21. The van der Waals surface area contributed by atoms with Crippen molar-refractivity contribution in [2.24, 2.45) is 5.92 Å². The molecule has 25 heavy (non-hydrogen) atoms. The van der Waals surface area contributed by atoms with Gasteiger partial charge in [0.15, 0.2) is 5.82 Å². The normalized spacial score (nSPS) is 13.0. The number of carbonyl (C=O) groups excluding carboxylic acids is 1. The summed E-state index contributed by atoms with van der Waals surface area (Å²) in [6.45, 7) is 10.3. The van der Waals surface area contributed by atoms with E-state index in [0.717, 1.165) is 5.69 Å². The van der Waals surface area contributed by atoms with Crippen molar-refractivity contribution in [1.82, 2.24) is 20.4 Å². The van der Waals surface area contributed by atoms with Crippen molar-refractivity contribution in [1.29, 1.82) is 0 Å². The lowest BCUT2D eigenvalue weighted by molar-refractivity contribution is -0.122. The van der Waals surface area contributed by atoms with Crippen LogP contribution in [0.15, 0.2) is 28.9 Å². The molecule has 0 aliphatic carbocycles. The molecule has 0 aliphatic rings. The molecule has 2 heterocycles. The number of pyridine rings is 1. The molecule has 0 bridgehead atoms. The molecule has 6 heteroatoms. The van der Waals surface area contributed by atoms with Crippen LogP contribution in [0.5, 0.6) is 0 Å². The highest BCUT2D eigenvalue weighted by Gasteiger charge is 2.21. The van der Waals surface area contributed by atoms with E-state index in [1.165, 1.54) is 0 Å². The van der Waals surface area contributed by atoms with Crippen LogP contribution in [-0.2, 0) is 16.6 Å². The number of hydrogen-bond donors (Lipinski definition) is 1. The van der Waals surface area contributed by atoms with E-state index >= 15 is 0 Å². The van der Waals surface area contributed by atoms with E-state index in [1.807, 2.05) is 39.0 Å². The smallest absolute Gasteiger partial charge is 0.226 e. The van der Waals surface area contributed by atoms with Crippen molar-refractivity contribution in [3.8, 4) is 0 Å². The van der Waals surface area contributed by atoms with Gasteiger partial charge in [-0.05, 0) is 24.5 Å². The minimum Gasteiger partial charge on any atom is -0.347 e. The summed E-state index contributed by atoms with van der Waals surface area (Å²) in [5, 5.41) is 7.08. The molecule has 0 aliphatic heterocycles. The standard InChI is InChI=1S/C19H28N4O2/c1-13(2)17(14-9-6-7-12-20-14)21-15(24)10-8-11-16-22-18(23-25-16)19(3,4)5/h6-7,9,12-13,17H,8,10-11H2,1-5H3,(H,21,24). The summed E-state index contributed by atoms with van der Waals surface area (Å²) in [5.41, 5.74) is 0.754. The first-order chi connectivity index (χ1) is 11.8. The summed E-state index contributed by atoms with van der Waals surface area (Å²) < 4.78 is 5.26. The molecule has 0 spiro atoms. The third-order valence-corrected chi connectivity index (χ3v) is 3.92. The SMILES string of the molecule is CC(C)C(NC(=O)CCCc1nc(C(C)(C)C)no1)c1ccccn1. The zero-order valence-corrected chi connectivity index (χ0v) is 15.7. The molecule has 1 amide bonds. The maximum atomic E-state index is 12.3. The van der Waals surface area contributed by atoms with Gasteiger partial charge in [-0.25, -0.2) is 0 Å². The van der Waals surface area contributed by atoms with Crippen LogP contribution in [0.25, 0.3) is 0 Å². The third-order valence-electron chi connectivity index (χ3n) is 3.92. The average molecular weight is 344 g/mol. The van der Waals surface area contributed by atoms with E-state index in [9.17, 15) is 4.79 Å². The molecule has 1 atom stereocenters. The van der Waals surface area contributed by atoms with E-state index in [2.05, 4.69) is 34.3 Å². The Bertz CT molecular complexity index is 674. The molecule has 0 radical (unpaired) electrons. The van der Waals surface area contributed by atoms with Gasteiger partial charge >= 0.3 is 0 Å². The zero-order valence-electron chi connectivity index (χ0n) is 15.7. The Morgan fingerprint density at radius 3 is 2.60 bits per heavy atom. The van der Waals surface area contributed by atoms with Crippen molar-refractivity contribution >= 4 is 5.91 Å². The second-order valence-corrected chi connectivity index (χ2v) is 7.66. The molecule has 2 rings (SSSR count). The number of nitrogens with one attached hydrogen (secondary N) is 1. The van der Waals surface area contributed by atoms with Crippen molar-refractivity contribution in [2.75, 3.05) is 0 Å². The molecule has 1 N–H and O–H groups in total. The van der Waals surface area contributed by atoms with Gasteiger partial charge in [0.25, 0.3) is 0 Å². The number of aromatic nitrogens is 3. The van der Waals surface area contributed by atoms with Crippen LogP contribution < -0.4 is 5.32 Å². The van der Waals surface area contributed by atoms with Gasteiger partial charge < -0.3 is 9.84 Å². The van der Waals surface area contributed by atoms with Crippen LogP contribution in [0.2, 0.25) is 0 Å². The largest absolute Gasteiger partial charge is 0.347 e. The van der Waals surface area contributed by atoms with Gasteiger partial charge in [-0.3, -0.25) is 9.78 Å². The van der Waals surface area contributed by atoms with E-state index < -0.39 is 0 Å². The number of amides is 1. The molecule has 0 saturated heterocycles. The van der Waals surface area contributed by atoms with Crippen LogP contribution in [-0.4, -0.2) is 21.0 Å². The van der Waals surface area contributed by atoms with Gasteiger partial charge in [-0.1, -0.05) is 45.8 Å². The van der Waals surface area contributed by atoms with Gasteiger partial charge in [0.05, 0.1) is 11.7 Å². The Balaban J connectivity index is 1.84. The van der Waals surface area contributed by atoms with Gasteiger partial charge in [-0.15, -0.1) is 0 Å². The van der Waals surface area contributed by atoms with Gasteiger partial charge in [0.1, 0.15) is 0 Å². The van der Waals surface area contributed by atoms with Crippen LogP contribution >= 0.6 is 0 Å². The summed E-state index contributed by atoms with van der Waals surface area (Å²) in [6, 6.07) is 5.67. The maximum absolute atomic E-state index is 12.3. The number of hydrogen-bond acceptors (Lipinski definition) is 5. The lowest BCUT2D eigenvalue weighted by atomic mass is 9.96. The van der Waals surface area contributed by atoms with E-state index in [-0.39, 0.29) is 23.3 Å². The summed E-state index contributed by atoms with van der Waals surface area (Å²) in [7, 11) is 0. The molecule has 2 aromatic rings. The zero-order chi connectivity index (χ0) is 18.4. The number of nitrogens with zero attached hydrogens (tertiary/aromatic N) is 3. The summed E-state index contributed by atoms with van der Waals surface area (Å²) in [6.07, 6.45) is 3.44. The predicted molar refractivity (Wildman–Crippen MR) is 95.9 cm³/mol. The Hall–Kier alpha value is -2.24. The van der Waals surface area contributed by atoms with E-state index in [4.69, 9.17) is 4.52 Å². The maximum Gasteiger partial charge on any atom is 0.226 e. The first kappa shape index (κ1) is 19.1. The molecule has 0 fully saturated rings. The number of aryl methyl sites for hydroxylation is 1. The summed E-state index contributed by atoms with van der Waals surface area (Å²) in [4.78, 5) is 21.0. The van der Waals surface area contributed by atoms with Crippen LogP contribution in [0.4, 0.5) is 0 Å². The van der Waals surface area contributed by atoms with E-state index in [0.29, 0.717) is 31.0 Å². The Morgan fingerprint density at radius 2 is 2.04 bits per heavy atom. The molecule has 0 aromatic carbocycles. The highest BCUT2D eigenvalue weighted by molar-refractivity contribution is 5.76. The third kappa shape index (κ3) is 5.66. The highest BCUT2D eigenvalue weighted by Crippen LogP contribution is 2.20. The lowest BCUT2D eigenvalue weighted by Crippen LogP contribution is -2.32. The summed E-state index contributed by atoms with van der Waals surface area (Å²) >= 11 is 0. The van der Waals surface area contributed by atoms with Crippen LogP contribution in [0.3, 0.4) is 0 Å². The van der Waals surface area contributed by atoms with Crippen molar-refractivity contribution in [2.45, 2.75) is 65.3 Å². The monoisotopic (exact) mass is 344 g/mol. The van der Waals surface area contributed by atoms with Crippen molar-refractivity contribution in [3.63, 3.8) is 0 Å². The van der Waals surface area contributed by atoms with E-state index in [1.54, 1.807) is 6.20 Å². The Labute approximate surface area is 149 Å². The molecule has 6 nitrogen and oxygen atoms in total. The Kier molecular flexibility index (Phi) is 6.28. The van der Waals surface area contributed by atoms with Gasteiger partial charge in [-0.2, -0.15) is 4.98 Å². The van der Waals surface area contributed by atoms with Crippen LogP contribution in [0.1, 0.15) is 70.9 Å². The highest BCUT2D eigenvalue weighted by atomic mass is 16.5. The first-order valence-corrected chi connectivity index (χ1v) is 8.80. The molecule has 2 aromatic heterocycles. The van der Waals surface area contributed by atoms with Crippen LogP contribution in [0, 0.1) is 5.92 Å². The quantitative estimate of drug-likeness (QED) is 0.830.